The van der Waals surface area contributed by atoms with Crippen LogP contribution in [0, 0.1) is 11.3 Å². The number of aryl methyl sites for hydroxylation is 2. The molecule has 5 heterocycles. The Morgan fingerprint density at radius 3 is 2.78 bits per heavy atom. The van der Waals surface area contributed by atoms with E-state index in [9.17, 15) is 10.1 Å². The molecule has 0 unspecified atom stereocenters. The summed E-state index contributed by atoms with van der Waals surface area (Å²) in [5.41, 5.74) is 7.07. The molecule has 0 radical (unpaired) electrons. The molecule has 3 aromatic rings. The van der Waals surface area contributed by atoms with Crippen LogP contribution in [-0.2, 0) is 31.2 Å². The fraction of sp³-hybridized carbons (Fsp3) is 0.481. The van der Waals surface area contributed by atoms with Crippen LogP contribution in [0.1, 0.15) is 47.7 Å². The summed E-state index contributed by atoms with van der Waals surface area (Å²) in [6, 6.07) is 6.80. The molecule has 2 amide bonds. The number of rotatable bonds is 3. The molecule has 2 aromatic heterocycles. The first kappa shape index (κ1) is 23.6. The van der Waals surface area contributed by atoms with Crippen molar-refractivity contribution in [1.82, 2.24) is 29.8 Å². The van der Waals surface area contributed by atoms with Gasteiger partial charge in [-0.15, -0.1) is 0 Å². The van der Waals surface area contributed by atoms with E-state index in [2.05, 4.69) is 32.1 Å². The zero-order valence-electron chi connectivity index (χ0n) is 21.4. The second kappa shape index (κ2) is 9.56. The predicted molar refractivity (Wildman–Crippen MR) is 139 cm³/mol. The smallest absolute Gasteiger partial charge is 0.317 e. The van der Waals surface area contributed by atoms with Crippen LogP contribution in [0.4, 0.5) is 16.3 Å². The van der Waals surface area contributed by atoms with E-state index in [1.54, 1.807) is 11.7 Å². The van der Waals surface area contributed by atoms with Crippen LogP contribution >= 0.6 is 0 Å². The molecule has 6 rings (SSSR count). The predicted octanol–water partition coefficient (Wildman–Crippen LogP) is 3.29. The highest BCUT2D eigenvalue weighted by atomic mass is 16.5. The van der Waals surface area contributed by atoms with Crippen molar-refractivity contribution in [2.45, 2.75) is 44.7 Å². The SMILES string of the molecule is CNC(=O)N1CCc2c(c(N3CCCc4cc(-c5cnn(C)c5)c(C#N)cc43)nn2C2CCOCC2)C1. The summed E-state index contributed by atoms with van der Waals surface area (Å²) in [7, 11) is 3.56. The molecule has 0 aliphatic carbocycles. The first-order valence-electron chi connectivity index (χ1n) is 13.1. The van der Waals surface area contributed by atoms with Crippen molar-refractivity contribution in [2.24, 2.45) is 7.05 Å². The molecule has 10 nitrogen and oxygen atoms in total. The summed E-state index contributed by atoms with van der Waals surface area (Å²) in [5.74, 6) is 0.911. The van der Waals surface area contributed by atoms with Gasteiger partial charge in [-0.1, -0.05) is 0 Å². The Hall–Kier alpha value is -3.84. The van der Waals surface area contributed by atoms with Crippen LogP contribution in [0.25, 0.3) is 11.1 Å². The summed E-state index contributed by atoms with van der Waals surface area (Å²) in [4.78, 5) is 16.7. The van der Waals surface area contributed by atoms with Gasteiger partial charge in [0, 0.05) is 81.1 Å². The zero-order chi connectivity index (χ0) is 25.5. The topological polar surface area (TPSA) is 104 Å². The van der Waals surface area contributed by atoms with Gasteiger partial charge in [-0.3, -0.25) is 9.36 Å². The Labute approximate surface area is 216 Å². The van der Waals surface area contributed by atoms with Gasteiger partial charge in [0.25, 0.3) is 0 Å². The normalized spacial score (nSPS) is 17.8. The number of nitrogens with one attached hydrogen (secondary N) is 1. The molecule has 3 aliphatic heterocycles. The van der Waals surface area contributed by atoms with Crippen LogP contribution in [0.5, 0.6) is 0 Å². The monoisotopic (exact) mass is 500 g/mol. The molecule has 1 aromatic carbocycles. The van der Waals surface area contributed by atoms with E-state index < -0.39 is 0 Å². The third-order valence-electron chi connectivity index (χ3n) is 7.83. The van der Waals surface area contributed by atoms with Gasteiger partial charge >= 0.3 is 6.03 Å². The van der Waals surface area contributed by atoms with Gasteiger partial charge in [-0.25, -0.2) is 4.79 Å². The number of aromatic nitrogens is 4. The number of carbonyl (C=O) groups is 1. The first-order valence-corrected chi connectivity index (χ1v) is 13.1. The zero-order valence-corrected chi connectivity index (χ0v) is 21.4. The molecule has 192 valence electrons. The lowest BCUT2D eigenvalue weighted by atomic mass is 9.93. The third-order valence-corrected chi connectivity index (χ3v) is 7.83. The maximum absolute atomic E-state index is 12.5. The van der Waals surface area contributed by atoms with Crippen LogP contribution in [0.2, 0.25) is 0 Å². The number of hydrogen-bond donors (Lipinski definition) is 1. The molecule has 1 fully saturated rings. The standard InChI is InChI=1S/C27H32N8O2/c1-29-27(36)33-9-5-24-23(17-33)26(31-35(24)21-6-10-37-11-7-21)34-8-3-4-18-12-22(19(14-28)13-25(18)34)20-15-30-32(2)16-20/h12-13,15-16,21H,3-11,17H2,1-2H3,(H,29,36). The highest BCUT2D eigenvalue weighted by Gasteiger charge is 2.34. The third kappa shape index (κ3) is 4.13. The molecule has 37 heavy (non-hydrogen) atoms. The van der Waals surface area contributed by atoms with Crippen molar-refractivity contribution in [3.8, 4) is 17.2 Å². The molecule has 3 aliphatic rings. The molecular weight excluding hydrogens is 468 g/mol. The molecule has 0 atom stereocenters. The molecule has 0 saturated carbocycles. The van der Waals surface area contributed by atoms with Gasteiger partial charge in [0.2, 0.25) is 0 Å². The number of benzene rings is 1. The van der Waals surface area contributed by atoms with Crippen LogP contribution < -0.4 is 10.2 Å². The Bertz CT molecular complexity index is 1380. The fourth-order valence-electron chi connectivity index (χ4n) is 5.95. The molecule has 10 heteroatoms. The minimum Gasteiger partial charge on any atom is -0.381 e. The lowest BCUT2D eigenvalue weighted by Gasteiger charge is -2.33. The minimum absolute atomic E-state index is 0.0673. The van der Waals surface area contributed by atoms with Crippen molar-refractivity contribution in [1.29, 1.82) is 5.26 Å². The number of anilines is 2. The van der Waals surface area contributed by atoms with E-state index in [1.807, 2.05) is 30.4 Å². The van der Waals surface area contributed by atoms with Gasteiger partial charge < -0.3 is 19.9 Å². The Morgan fingerprint density at radius 1 is 1.22 bits per heavy atom. The fourth-order valence-corrected chi connectivity index (χ4v) is 5.95. The first-order chi connectivity index (χ1) is 18.1. The average molecular weight is 501 g/mol. The molecular formula is C27H32N8O2. The molecule has 0 bridgehead atoms. The van der Waals surface area contributed by atoms with E-state index in [-0.39, 0.29) is 6.03 Å². The molecule has 0 spiro atoms. The number of carbonyl (C=O) groups excluding carboxylic acids is 1. The highest BCUT2D eigenvalue weighted by molar-refractivity contribution is 5.79. The molecule has 1 saturated heterocycles. The van der Waals surface area contributed by atoms with E-state index in [4.69, 9.17) is 9.84 Å². The average Bonchev–Trinajstić information content (AvgIpc) is 3.55. The van der Waals surface area contributed by atoms with Crippen LogP contribution in [0.15, 0.2) is 24.5 Å². The Kier molecular flexibility index (Phi) is 6.08. The van der Waals surface area contributed by atoms with E-state index in [0.29, 0.717) is 24.7 Å². The lowest BCUT2D eigenvalue weighted by Crippen LogP contribution is -2.42. The van der Waals surface area contributed by atoms with Crippen LogP contribution in [-0.4, -0.2) is 63.8 Å². The summed E-state index contributed by atoms with van der Waals surface area (Å²) >= 11 is 0. The maximum Gasteiger partial charge on any atom is 0.317 e. The van der Waals surface area contributed by atoms with Crippen molar-refractivity contribution < 1.29 is 9.53 Å². The number of nitriles is 1. The van der Waals surface area contributed by atoms with Gasteiger partial charge in [-0.2, -0.15) is 15.5 Å². The maximum atomic E-state index is 12.5. The van der Waals surface area contributed by atoms with Gasteiger partial charge in [0.05, 0.1) is 30.4 Å². The van der Waals surface area contributed by atoms with Gasteiger partial charge in [-0.05, 0) is 43.4 Å². The number of urea groups is 1. The van der Waals surface area contributed by atoms with Crippen molar-refractivity contribution in [2.75, 3.05) is 38.3 Å². The molecule has 1 N–H and O–H groups in total. The van der Waals surface area contributed by atoms with E-state index in [0.717, 1.165) is 80.1 Å². The van der Waals surface area contributed by atoms with Gasteiger partial charge in [0.15, 0.2) is 5.82 Å². The van der Waals surface area contributed by atoms with Gasteiger partial charge in [0.1, 0.15) is 0 Å². The van der Waals surface area contributed by atoms with E-state index in [1.165, 1.54) is 11.3 Å². The van der Waals surface area contributed by atoms with Crippen LogP contribution in [0.3, 0.4) is 0 Å². The number of ether oxygens (including phenoxy) is 1. The number of amides is 2. The summed E-state index contributed by atoms with van der Waals surface area (Å²) in [6.45, 7) is 3.51. The highest BCUT2D eigenvalue weighted by Crippen LogP contribution is 2.41. The second-order valence-electron chi connectivity index (χ2n) is 10.1. The second-order valence-corrected chi connectivity index (χ2v) is 10.1. The summed E-state index contributed by atoms with van der Waals surface area (Å²) in [6.07, 6.45) is 8.34. The van der Waals surface area contributed by atoms with Crippen molar-refractivity contribution in [3.63, 3.8) is 0 Å². The largest absolute Gasteiger partial charge is 0.381 e. The summed E-state index contributed by atoms with van der Waals surface area (Å²) in [5, 5.41) is 22.4. The van der Waals surface area contributed by atoms with Crippen molar-refractivity contribution >= 4 is 17.5 Å². The number of nitrogens with zero attached hydrogens (tertiary/aromatic N) is 7. The van der Waals surface area contributed by atoms with Crippen molar-refractivity contribution in [3.05, 3.63) is 46.9 Å². The summed E-state index contributed by atoms with van der Waals surface area (Å²) < 4.78 is 9.60. The number of fused-ring (bicyclic) bond motifs is 2. The quantitative estimate of drug-likeness (QED) is 0.592. The Morgan fingerprint density at radius 2 is 2.05 bits per heavy atom. The minimum atomic E-state index is -0.0673. The lowest BCUT2D eigenvalue weighted by molar-refractivity contribution is 0.0651. The Balaban J connectivity index is 1.45. The number of hydrogen-bond acceptors (Lipinski definition) is 6. The van der Waals surface area contributed by atoms with E-state index >= 15 is 0 Å².